The van der Waals surface area contributed by atoms with Crippen LogP contribution in [0.4, 0.5) is 4.39 Å². The highest BCUT2D eigenvalue weighted by atomic mass is 19.1. The van der Waals surface area contributed by atoms with E-state index in [0.717, 1.165) is 18.2 Å². The molecule has 1 fully saturated rings. The molecule has 0 unspecified atom stereocenters. The van der Waals surface area contributed by atoms with Gasteiger partial charge in [0.25, 0.3) is 5.91 Å². The molecule has 0 radical (unpaired) electrons. The van der Waals surface area contributed by atoms with Crippen LogP contribution >= 0.6 is 0 Å². The summed E-state index contributed by atoms with van der Waals surface area (Å²) in [7, 11) is 0. The quantitative estimate of drug-likeness (QED) is 0.893. The monoisotopic (exact) mass is 290 g/mol. The van der Waals surface area contributed by atoms with Crippen LogP contribution in [0.15, 0.2) is 24.4 Å². The SMILES string of the molecule is CC1(C)C[C@@H](NC(=O)c2c[nH]c3cc(F)ccc23)CCO1. The van der Waals surface area contributed by atoms with Gasteiger partial charge in [-0.15, -0.1) is 0 Å². The molecule has 1 saturated heterocycles. The van der Waals surface area contributed by atoms with Crippen LogP contribution in [-0.2, 0) is 4.74 Å². The maximum absolute atomic E-state index is 13.2. The van der Waals surface area contributed by atoms with Gasteiger partial charge in [0, 0.05) is 29.7 Å². The first-order chi connectivity index (χ1) is 9.94. The Morgan fingerprint density at radius 2 is 2.29 bits per heavy atom. The van der Waals surface area contributed by atoms with Gasteiger partial charge >= 0.3 is 0 Å². The lowest BCUT2D eigenvalue weighted by Crippen LogP contribution is -2.45. The maximum atomic E-state index is 13.2. The van der Waals surface area contributed by atoms with Crippen molar-refractivity contribution in [1.29, 1.82) is 0 Å². The van der Waals surface area contributed by atoms with Gasteiger partial charge in [0.15, 0.2) is 0 Å². The molecule has 21 heavy (non-hydrogen) atoms. The predicted octanol–water partition coefficient (Wildman–Crippen LogP) is 2.99. The van der Waals surface area contributed by atoms with E-state index in [0.29, 0.717) is 17.7 Å². The highest BCUT2D eigenvalue weighted by molar-refractivity contribution is 6.06. The van der Waals surface area contributed by atoms with Crippen molar-refractivity contribution in [2.75, 3.05) is 6.61 Å². The number of carbonyl (C=O) groups is 1. The second kappa shape index (κ2) is 5.15. The number of H-pyrrole nitrogens is 1. The van der Waals surface area contributed by atoms with Gasteiger partial charge in [0.05, 0.1) is 11.2 Å². The van der Waals surface area contributed by atoms with E-state index in [9.17, 15) is 9.18 Å². The molecule has 0 bridgehead atoms. The first-order valence-corrected chi connectivity index (χ1v) is 7.16. The number of aromatic amines is 1. The van der Waals surface area contributed by atoms with E-state index in [1.807, 2.05) is 13.8 Å². The third-order valence-corrected chi connectivity index (χ3v) is 3.92. The van der Waals surface area contributed by atoms with Crippen molar-refractivity contribution >= 4 is 16.8 Å². The van der Waals surface area contributed by atoms with Crippen LogP contribution in [0.25, 0.3) is 10.9 Å². The molecule has 4 nitrogen and oxygen atoms in total. The topological polar surface area (TPSA) is 54.1 Å². The van der Waals surface area contributed by atoms with Gasteiger partial charge in [-0.25, -0.2) is 4.39 Å². The van der Waals surface area contributed by atoms with E-state index in [2.05, 4.69) is 10.3 Å². The molecular formula is C16H19FN2O2. The third-order valence-electron chi connectivity index (χ3n) is 3.92. The van der Waals surface area contributed by atoms with E-state index >= 15 is 0 Å². The Bertz CT molecular complexity index is 678. The van der Waals surface area contributed by atoms with Crippen molar-refractivity contribution < 1.29 is 13.9 Å². The molecular weight excluding hydrogens is 271 g/mol. The second-order valence-electron chi connectivity index (χ2n) is 6.16. The van der Waals surface area contributed by atoms with Gasteiger partial charge in [-0.3, -0.25) is 4.79 Å². The molecule has 0 saturated carbocycles. The van der Waals surface area contributed by atoms with Gasteiger partial charge in [-0.2, -0.15) is 0 Å². The minimum atomic E-state index is -0.317. The summed E-state index contributed by atoms with van der Waals surface area (Å²) in [4.78, 5) is 15.4. The van der Waals surface area contributed by atoms with Crippen LogP contribution in [0, 0.1) is 5.82 Å². The molecule has 1 aromatic carbocycles. The van der Waals surface area contributed by atoms with Crippen LogP contribution < -0.4 is 5.32 Å². The van der Waals surface area contributed by atoms with E-state index in [1.165, 1.54) is 12.1 Å². The summed E-state index contributed by atoms with van der Waals surface area (Å²) in [5.74, 6) is -0.446. The van der Waals surface area contributed by atoms with Crippen molar-refractivity contribution in [3.63, 3.8) is 0 Å². The Morgan fingerprint density at radius 1 is 1.48 bits per heavy atom. The molecule has 2 aromatic rings. The van der Waals surface area contributed by atoms with Crippen LogP contribution in [0.5, 0.6) is 0 Å². The minimum absolute atomic E-state index is 0.103. The van der Waals surface area contributed by atoms with Crippen molar-refractivity contribution in [1.82, 2.24) is 10.3 Å². The predicted molar refractivity (Wildman–Crippen MR) is 78.8 cm³/mol. The lowest BCUT2D eigenvalue weighted by Gasteiger charge is -2.35. The summed E-state index contributed by atoms with van der Waals surface area (Å²) in [6.07, 6.45) is 3.23. The van der Waals surface area contributed by atoms with Gasteiger partial charge in [0.2, 0.25) is 0 Å². The number of benzene rings is 1. The molecule has 1 amide bonds. The number of rotatable bonds is 2. The fourth-order valence-electron chi connectivity index (χ4n) is 2.90. The van der Waals surface area contributed by atoms with Gasteiger partial charge in [-0.1, -0.05) is 0 Å². The van der Waals surface area contributed by atoms with E-state index < -0.39 is 0 Å². The molecule has 5 heteroatoms. The average Bonchev–Trinajstić information content (AvgIpc) is 2.80. The lowest BCUT2D eigenvalue weighted by molar-refractivity contribution is -0.0615. The van der Waals surface area contributed by atoms with Crippen LogP contribution in [0.2, 0.25) is 0 Å². The van der Waals surface area contributed by atoms with E-state index in [4.69, 9.17) is 4.74 Å². The summed E-state index contributed by atoms with van der Waals surface area (Å²) < 4.78 is 18.8. The Morgan fingerprint density at radius 3 is 3.05 bits per heavy atom. The fourth-order valence-corrected chi connectivity index (χ4v) is 2.90. The Hall–Kier alpha value is -1.88. The highest BCUT2D eigenvalue weighted by Crippen LogP contribution is 2.25. The van der Waals surface area contributed by atoms with Gasteiger partial charge < -0.3 is 15.0 Å². The molecule has 1 atom stereocenters. The van der Waals surface area contributed by atoms with Crippen LogP contribution in [0.3, 0.4) is 0 Å². The third kappa shape index (κ3) is 2.93. The number of aromatic nitrogens is 1. The fraction of sp³-hybridized carbons (Fsp3) is 0.438. The molecule has 2 heterocycles. The number of ether oxygens (including phenoxy) is 1. The summed E-state index contributed by atoms with van der Waals surface area (Å²) in [6.45, 7) is 4.70. The van der Waals surface area contributed by atoms with Crippen LogP contribution in [-0.4, -0.2) is 29.1 Å². The zero-order chi connectivity index (χ0) is 15.0. The highest BCUT2D eigenvalue weighted by Gasteiger charge is 2.30. The van der Waals surface area contributed by atoms with Crippen molar-refractivity contribution in [3.05, 3.63) is 35.8 Å². The van der Waals surface area contributed by atoms with Gasteiger partial charge in [-0.05, 0) is 44.9 Å². The van der Waals surface area contributed by atoms with Crippen LogP contribution in [0.1, 0.15) is 37.0 Å². The van der Waals surface area contributed by atoms with Crippen molar-refractivity contribution in [2.45, 2.75) is 38.3 Å². The molecule has 112 valence electrons. The second-order valence-corrected chi connectivity index (χ2v) is 6.16. The Balaban J connectivity index is 1.78. The number of nitrogens with one attached hydrogen (secondary N) is 2. The number of fused-ring (bicyclic) bond motifs is 1. The molecule has 1 aliphatic rings. The normalized spacial score (nSPS) is 21.4. The van der Waals surface area contributed by atoms with E-state index in [1.54, 1.807) is 12.3 Å². The number of carbonyl (C=O) groups excluding carboxylic acids is 1. The van der Waals surface area contributed by atoms with Gasteiger partial charge in [0.1, 0.15) is 5.82 Å². The summed E-state index contributed by atoms with van der Waals surface area (Å²) >= 11 is 0. The Labute approximate surface area is 122 Å². The van der Waals surface area contributed by atoms with E-state index in [-0.39, 0.29) is 23.4 Å². The standard InChI is InChI=1S/C16H19FN2O2/c1-16(2)8-11(5-6-21-16)19-15(20)13-9-18-14-7-10(17)3-4-12(13)14/h3-4,7,9,11,18H,5-6,8H2,1-2H3,(H,19,20)/t11-/m0/s1. The molecule has 2 N–H and O–H groups in total. The summed E-state index contributed by atoms with van der Waals surface area (Å²) in [5.41, 5.74) is 0.973. The first-order valence-electron chi connectivity index (χ1n) is 7.16. The molecule has 0 spiro atoms. The lowest BCUT2D eigenvalue weighted by atomic mass is 9.94. The smallest absolute Gasteiger partial charge is 0.253 e. The maximum Gasteiger partial charge on any atom is 0.253 e. The number of amides is 1. The summed E-state index contributed by atoms with van der Waals surface area (Å²) in [6, 6.07) is 4.49. The zero-order valence-electron chi connectivity index (χ0n) is 12.2. The molecule has 3 rings (SSSR count). The van der Waals surface area contributed by atoms with Crippen molar-refractivity contribution in [3.8, 4) is 0 Å². The minimum Gasteiger partial charge on any atom is -0.375 e. The van der Waals surface area contributed by atoms with Crippen molar-refractivity contribution in [2.24, 2.45) is 0 Å². The largest absolute Gasteiger partial charge is 0.375 e. The number of hydrogen-bond acceptors (Lipinski definition) is 2. The number of halogens is 1. The molecule has 1 aliphatic heterocycles. The number of hydrogen-bond donors (Lipinski definition) is 2. The summed E-state index contributed by atoms with van der Waals surface area (Å²) in [5, 5.41) is 3.79. The Kier molecular flexibility index (Phi) is 3.45. The zero-order valence-corrected chi connectivity index (χ0v) is 12.2. The molecule has 0 aliphatic carbocycles. The molecule has 1 aromatic heterocycles. The average molecular weight is 290 g/mol. The first kappa shape index (κ1) is 14.1.